The molecule has 0 bridgehead atoms. The molecular formula is C25H34ClN3O5S. The summed E-state index contributed by atoms with van der Waals surface area (Å²) in [6.07, 6.45) is 1.04. The van der Waals surface area contributed by atoms with Crippen molar-refractivity contribution in [2.24, 2.45) is 5.92 Å². The van der Waals surface area contributed by atoms with Crippen molar-refractivity contribution in [1.82, 2.24) is 10.2 Å². The van der Waals surface area contributed by atoms with E-state index in [0.717, 1.165) is 10.6 Å². The van der Waals surface area contributed by atoms with E-state index in [-0.39, 0.29) is 18.4 Å². The summed E-state index contributed by atoms with van der Waals surface area (Å²) in [6.45, 7) is 7.92. The van der Waals surface area contributed by atoms with Gasteiger partial charge in [-0.1, -0.05) is 43.6 Å². The van der Waals surface area contributed by atoms with Gasteiger partial charge in [0, 0.05) is 18.1 Å². The molecule has 2 amide bonds. The van der Waals surface area contributed by atoms with E-state index < -0.39 is 28.5 Å². The topological polar surface area (TPSA) is 96.0 Å². The molecule has 0 heterocycles. The van der Waals surface area contributed by atoms with Crippen LogP contribution in [0.3, 0.4) is 0 Å². The van der Waals surface area contributed by atoms with Gasteiger partial charge in [-0.3, -0.25) is 13.9 Å². The number of benzene rings is 2. The highest BCUT2D eigenvalue weighted by atomic mass is 35.5. The minimum absolute atomic E-state index is 0.0512. The Balaban J connectivity index is 2.36. The Morgan fingerprint density at radius 1 is 1.06 bits per heavy atom. The van der Waals surface area contributed by atoms with Crippen molar-refractivity contribution in [2.75, 3.05) is 30.3 Å². The number of ether oxygens (including phenoxy) is 1. The molecule has 0 radical (unpaired) electrons. The summed E-state index contributed by atoms with van der Waals surface area (Å²) < 4.78 is 31.7. The van der Waals surface area contributed by atoms with Gasteiger partial charge in [0.2, 0.25) is 21.8 Å². The van der Waals surface area contributed by atoms with Crippen LogP contribution in [-0.4, -0.2) is 57.1 Å². The van der Waals surface area contributed by atoms with E-state index in [0.29, 0.717) is 35.2 Å². The van der Waals surface area contributed by atoms with Gasteiger partial charge in [-0.25, -0.2) is 8.42 Å². The number of sulfonamides is 1. The van der Waals surface area contributed by atoms with E-state index in [9.17, 15) is 18.0 Å². The van der Waals surface area contributed by atoms with Gasteiger partial charge >= 0.3 is 0 Å². The van der Waals surface area contributed by atoms with Crippen LogP contribution in [0.25, 0.3) is 0 Å². The molecule has 0 saturated heterocycles. The highest BCUT2D eigenvalue weighted by Gasteiger charge is 2.30. The van der Waals surface area contributed by atoms with Crippen molar-refractivity contribution in [2.45, 2.75) is 40.3 Å². The molecule has 0 spiro atoms. The minimum atomic E-state index is -3.80. The van der Waals surface area contributed by atoms with Crippen molar-refractivity contribution in [3.05, 3.63) is 59.1 Å². The Kier molecular flexibility index (Phi) is 10.4. The van der Waals surface area contributed by atoms with Gasteiger partial charge in [-0.2, -0.15) is 0 Å². The maximum atomic E-state index is 13.5. The number of hydrogen-bond acceptors (Lipinski definition) is 5. The van der Waals surface area contributed by atoms with Crippen LogP contribution in [0.4, 0.5) is 5.69 Å². The number of anilines is 1. The van der Waals surface area contributed by atoms with E-state index in [2.05, 4.69) is 5.32 Å². The van der Waals surface area contributed by atoms with Gasteiger partial charge in [0.15, 0.2) is 0 Å². The Morgan fingerprint density at radius 3 is 2.23 bits per heavy atom. The van der Waals surface area contributed by atoms with Gasteiger partial charge in [-0.05, 0) is 55.7 Å². The normalized spacial score (nSPS) is 12.2. The van der Waals surface area contributed by atoms with E-state index in [1.165, 1.54) is 4.90 Å². The number of carbonyl (C=O) groups is 2. The Bertz CT molecular complexity index is 1110. The number of nitrogens with zero attached hydrogens (tertiary/aromatic N) is 2. The second kappa shape index (κ2) is 12.8. The number of amides is 2. The zero-order valence-corrected chi connectivity index (χ0v) is 22.4. The summed E-state index contributed by atoms with van der Waals surface area (Å²) in [5, 5.41) is 3.29. The van der Waals surface area contributed by atoms with Gasteiger partial charge < -0.3 is 15.0 Å². The molecule has 0 aliphatic carbocycles. The monoisotopic (exact) mass is 523 g/mol. The number of nitrogens with one attached hydrogen (secondary N) is 1. The quantitative estimate of drug-likeness (QED) is 0.457. The fourth-order valence-electron chi connectivity index (χ4n) is 3.33. The Labute approximate surface area is 213 Å². The highest BCUT2D eigenvalue weighted by molar-refractivity contribution is 7.92. The summed E-state index contributed by atoms with van der Waals surface area (Å²) in [5.74, 6) is -0.0337. The van der Waals surface area contributed by atoms with Crippen molar-refractivity contribution >= 4 is 39.1 Å². The predicted octanol–water partition coefficient (Wildman–Crippen LogP) is 3.69. The smallest absolute Gasteiger partial charge is 0.244 e. The third-order valence-electron chi connectivity index (χ3n) is 5.27. The first-order chi connectivity index (χ1) is 16.4. The molecule has 1 atom stereocenters. The van der Waals surface area contributed by atoms with Gasteiger partial charge in [0.1, 0.15) is 18.3 Å². The van der Waals surface area contributed by atoms with Crippen LogP contribution in [-0.2, 0) is 26.2 Å². The Morgan fingerprint density at radius 2 is 1.69 bits per heavy atom. The fraction of sp³-hybridized carbons (Fsp3) is 0.440. The van der Waals surface area contributed by atoms with E-state index >= 15 is 0 Å². The van der Waals surface area contributed by atoms with Crippen LogP contribution < -0.4 is 14.4 Å². The highest BCUT2D eigenvalue weighted by Crippen LogP contribution is 2.23. The third kappa shape index (κ3) is 8.43. The second-order valence-corrected chi connectivity index (χ2v) is 10.9. The summed E-state index contributed by atoms with van der Waals surface area (Å²) in [5.41, 5.74) is 0.969. The zero-order chi connectivity index (χ0) is 26.2. The summed E-state index contributed by atoms with van der Waals surface area (Å²) in [6, 6.07) is 12.6. The Hall–Kier alpha value is -2.78. The molecule has 0 fully saturated rings. The molecule has 2 rings (SSSR count). The molecule has 192 valence electrons. The summed E-state index contributed by atoms with van der Waals surface area (Å²) in [4.78, 5) is 27.7. The molecule has 0 aromatic heterocycles. The van der Waals surface area contributed by atoms with Gasteiger partial charge in [0.05, 0.1) is 18.6 Å². The lowest BCUT2D eigenvalue weighted by Gasteiger charge is -2.31. The van der Waals surface area contributed by atoms with E-state index in [1.807, 2.05) is 20.8 Å². The van der Waals surface area contributed by atoms with Crippen molar-refractivity contribution in [3.8, 4) is 5.75 Å². The number of halogens is 1. The lowest BCUT2D eigenvalue weighted by molar-refractivity contribution is -0.139. The second-order valence-electron chi connectivity index (χ2n) is 8.62. The molecule has 10 heteroatoms. The number of carbonyl (C=O) groups excluding carboxylic acids is 2. The minimum Gasteiger partial charge on any atom is -0.494 e. The molecule has 0 aliphatic rings. The van der Waals surface area contributed by atoms with Crippen LogP contribution in [0, 0.1) is 5.92 Å². The molecular weight excluding hydrogens is 490 g/mol. The lowest BCUT2D eigenvalue weighted by Crippen LogP contribution is -2.51. The van der Waals surface area contributed by atoms with Crippen LogP contribution in [0.5, 0.6) is 5.75 Å². The maximum absolute atomic E-state index is 13.5. The predicted molar refractivity (Wildman–Crippen MR) is 139 cm³/mol. The molecule has 0 unspecified atom stereocenters. The molecule has 1 N–H and O–H groups in total. The zero-order valence-electron chi connectivity index (χ0n) is 20.8. The van der Waals surface area contributed by atoms with Crippen LogP contribution >= 0.6 is 11.6 Å². The average molecular weight is 524 g/mol. The van der Waals surface area contributed by atoms with Gasteiger partial charge in [0.25, 0.3) is 0 Å². The van der Waals surface area contributed by atoms with Crippen molar-refractivity contribution in [3.63, 3.8) is 0 Å². The first-order valence-corrected chi connectivity index (χ1v) is 13.7. The van der Waals surface area contributed by atoms with Crippen molar-refractivity contribution in [1.29, 1.82) is 0 Å². The molecule has 2 aromatic rings. The molecule has 0 saturated carbocycles. The molecule has 35 heavy (non-hydrogen) atoms. The summed E-state index contributed by atoms with van der Waals surface area (Å²) >= 11 is 6.32. The third-order valence-corrected chi connectivity index (χ3v) is 6.77. The first-order valence-electron chi connectivity index (χ1n) is 11.4. The fourth-order valence-corrected chi connectivity index (χ4v) is 4.38. The number of hydrogen-bond donors (Lipinski definition) is 1. The van der Waals surface area contributed by atoms with Crippen molar-refractivity contribution < 1.29 is 22.7 Å². The van der Waals surface area contributed by atoms with E-state index in [1.54, 1.807) is 55.5 Å². The maximum Gasteiger partial charge on any atom is 0.244 e. The molecule has 8 nitrogen and oxygen atoms in total. The average Bonchev–Trinajstić information content (AvgIpc) is 2.80. The standard InChI is InChI=1S/C25H34ClN3O5S/c1-6-34-22-13-11-21(12-14-22)29(35(5,32)33)17-24(30)28(16-20-9-7-8-10-23(20)26)19(4)25(31)27-15-18(2)3/h7-14,18-19H,6,15-17H2,1-5H3,(H,27,31)/t19-/m1/s1. The van der Waals surface area contributed by atoms with Crippen LogP contribution in [0.2, 0.25) is 5.02 Å². The largest absolute Gasteiger partial charge is 0.494 e. The summed E-state index contributed by atoms with van der Waals surface area (Å²) in [7, 11) is -3.80. The molecule has 0 aliphatic heterocycles. The van der Waals surface area contributed by atoms with Crippen LogP contribution in [0.1, 0.15) is 33.3 Å². The van der Waals surface area contributed by atoms with Crippen LogP contribution in [0.15, 0.2) is 48.5 Å². The molecule has 2 aromatic carbocycles. The lowest BCUT2D eigenvalue weighted by atomic mass is 10.1. The number of rotatable bonds is 12. The van der Waals surface area contributed by atoms with E-state index in [4.69, 9.17) is 16.3 Å². The first kappa shape index (κ1) is 28.5. The van der Waals surface area contributed by atoms with Gasteiger partial charge in [-0.15, -0.1) is 0 Å². The SMILES string of the molecule is CCOc1ccc(N(CC(=O)N(Cc2ccccc2Cl)[C@H](C)C(=O)NCC(C)C)S(C)(=O)=O)cc1.